The minimum atomic E-state index is -0.501. The molecule has 4 aromatic rings. The molecule has 9 heteroatoms. The van der Waals surface area contributed by atoms with Gasteiger partial charge in [0.2, 0.25) is 0 Å². The minimum absolute atomic E-state index is 0.0774. The molecule has 174 valence electrons. The number of amides is 1. The molecule has 5 rings (SSSR count). The number of rotatable bonds is 6. The van der Waals surface area contributed by atoms with Crippen molar-refractivity contribution in [3.8, 4) is 11.3 Å². The van der Waals surface area contributed by atoms with E-state index >= 15 is 0 Å². The molecule has 34 heavy (non-hydrogen) atoms. The lowest BCUT2D eigenvalue weighted by Gasteiger charge is -2.23. The van der Waals surface area contributed by atoms with E-state index in [1.165, 1.54) is 0 Å². The van der Waals surface area contributed by atoms with Gasteiger partial charge in [-0.25, -0.2) is 18.3 Å². The molecule has 1 saturated heterocycles. The minimum Gasteiger partial charge on any atom is -0.381 e. The topological polar surface area (TPSA) is 80.5 Å². The van der Waals surface area contributed by atoms with Crippen LogP contribution < -0.4 is 10.6 Å². The average Bonchev–Trinajstić information content (AvgIpc) is 3.28. The fourth-order valence-corrected chi connectivity index (χ4v) is 3.96. The number of hydrogen-bond donors (Lipinski definition) is 2. The quantitative estimate of drug-likeness (QED) is 0.448. The molecule has 3 heterocycles. The highest BCUT2D eigenvalue weighted by Gasteiger charge is 2.18. The van der Waals surface area contributed by atoms with Crippen molar-refractivity contribution in [2.75, 3.05) is 18.5 Å². The molecular weight excluding hydrogens is 440 g/mol. The van der Waals surface area contributed by atoms with Crippen LogP contribution in [0.1, 0.15) is 28.8 Å². The first-order valence-electron chi connectivity index (χ1n) is 11.1. The molecule has 0 spiro atoms. The highest BCUT2D eigenvalue weighted by Crippen LogP contribution is 2.23. The SMILES string of the molecule is O=C(NC1CCOCC1)c1cccc(-c2cnc3ccc(NCc4cc(F)ccc4F)nn23)c1. The number of imidazole rings is 1. The van der Waals surface area contributed by atoms with Gasteiger partial charge < -0.3 is 15.4 Å². The number of nitrogens with zero attached hydrogens (tertiary/aromatic N) is 3. The van der Waals surface area contributed by atoms with E-state index in [0.717, 1.165) is 36.6 Å². The molecule has 0 aliphatic carbocycles. The molecule has 2 aromatic carbocycles. The number of hydrogen-bond acceptors (Lipinski definition) is 5. The summed E-state index contributed by atoms with van der Waals surface area (Å²) >= 11 is 0. The highest BCUT2D eigenvalue weighted by atomic mass is 19.1. The Morgan fingerprint density at radius 3 is 2.79 bits per heavy atom. The molecule has 0 saturated carbocycles. The molecule has 1 aliphatic rings. The number of carbonyl (C=O) groups is 1. The van der Waals surface area contributed by atoms with E-state index in [1.54, 1.807) is 28.9 Å². The summed E-state index contributed by atoms with van der Waals surface area (Å²) in [6.45, 7) is 1.38. The summed E-state index contributed by atoms with van der Waals surface area (Å²) in [5.74, 6) is -0.646. The lowest BCUT2D eigenvalue weighted by atomic mass is 10.1. The van der Waals surface area contributed by atoms with Gasteiger partial charge in [0.05, 0.1) is 11.9 Å². The number of ether oxygens (including phenoxy) is 1. The normalized spacial score (nSPS) is 14.3. The molecule has 0 bridgehead atoms. The number of carbonyl (C=O) groups excluding carboxylic acids is 1. The van der Waals surface area contributed by atoms with Crippen molar-refractivity contribution in [2.45, 2.75) is 25.4 Å². The summed E-state index contributed by atoms with van der Waals surface area (Å²) in [4.78, 5) is 17.2. The van der Waals surface area contributed by atoms with Crippen molar-refractivity contribution in [2.24, 2.45) is 0 Å². The van der Waals surface area contributed by atoms with Crippen LogP contribution in [0.5, 0.6) is 0 Å². The van der Waals surface area contributed by atoms with Crippen molar-refractivity contribution in [3.05, 3.63) is 83.6 Å². The van der Waals surface area contributed by atoms with Crippen LogP contribution in [0.3, 0.4) is 0 Å². The Hall–Kier alpha value is -3.85. The van der Waals surface area contributed by atoms with Gasteiger partial charge in [0.15, 0.2) is 5.65 Å². The first kappa shape index (κ1) is 22.0. The van der Waals surface area contributed by atoms with Crippen LogP contribution in [0.15, 0.2) is 60.8 Å². The molecule has 2 aromatic heterocycles. The number of fused-ring (bicyclic) bond motifs is 1. The summed E-state index contributed by atoms with van der Waals surface area (Å²) in [5, 5.41) is 10.7. The van der Waals surface area contributed by atoms with E-state index in [1.807, 2.05) is 18.2 Å². The fourth-order valence-electron chi connectivity index (χ4n) is 3.96. The van der Waals surface area contributed by atoms with Crippen molar-refractivity contribution in [1.29, 1.82) is 0 Å². The molecule has 1 fully saturated rings. The zero-order valence-electron chi connectivity index (χ0n) is 18.3. The summed E-state index contributed by atoms with van der Waals surface area (Å²) in [5.41, 5.74) is 2.87. The van der Waals surface area contributed by atoms with E-state index in [-0.39, 0.29) is 24.1 Å². The van der Waals surface area contributed by atoms with Gasteiger partial charge in [0.25, 0.3) is 5.91 Å². The number of anilines is 1. The van der Waals surface area contributed by atoms with Gasteiger partial charge in [-0.05, 0) is 55.3 Å². The van der Waals surface area contributed by atoms with E-state index in [9.17, 15) is 13.6 Å². The maximum atomic E-state index is 13.9. The second-order valence-corrected chi connectivity index (χ2v) is 8.16. The van der Waals surface area contributed by atoms with Gasteiger partial charge in [0, 0.05) is 42.5 Å². The van der Waals surface area contributed by atoms with Crippen LogP contribution in [0, 0.1) is 11.6 Å². The Balaban J connectivity index is 1.37. The van der Waals surface area contributed by atoms with Gasteiger partial charge in [-0.1, -0.05) is 12.1 Å². The van der Waals surface area contributed by atoms with E-state index in [2.05, 4.69) is 20.7 Å². The highest BCUT2D eigenvalue weighted by molar-refractivity contribution is 5.95. The smallest absolute Gasteiger partial charge is 0.251 e. The number of benzene rings is 2. The van der Waals surface area contributed by atoms with Crippen LogP contribution in [-0.2, 0) is 11.3 Å². The van der Waals surface area contributed by atoms with E-state index in [4.69, 9.17) is 4.74 Å². The van der Waals surface area contributed by atoms with Crippen molar-refractivity contribution < 1.29 is 18.3 Å². The standard InChI is InChI=1S/C25H23F2N5O2/c26-19-4-5-21(27)18(13-19)14-28-23-6-7-24-29-15-22(32(24)31-23)16-2-1-3-17(12-16)25(33)30-20-8-10-34-11-9-20/h1-7,12-13,15,20H,8-11,14H2,(H,28,31)(H,30,33). The maximum Gasteiger partial charge on any atom is 0.251 e. The fraction of sp³-hybridized carbons (Fsp3) is 0.240. The zero-order valence-corrected chi connectivity index (χ0v) is 18.3. The average molecular weight is 463 g/mol. The molecule has 7 nitrogen and oxygen atoms in total. The predicted molar refractivity (Wildman–Crippen MR) is 123 cm³/mol. The van der Waals surface area contributed by atoms with E-state index < -0.39 is 11.6 Å². The van der Waals surface area contributed by atoms with Crippen LogP contribution in [0.2, 0.25) is 0 Å². The van der Waals surface area contributed by atoms with Gasteiger partial charge in [0.1, 0.15) is 17.5 Å². The third-order valence-corrected chi connectivity index (χ3v) is 5.81. The summed E-state index contributed by atoms with van der Waals surface area (Å²) < 4.78 is 34.4. The molecular formula is C25H23F2N5O2. The van der Waals surface area contributed by atoms with Crippen LogP contribution in [0.4, 0.5) is 14.6 Å². The first-order valence-corrected chi connectivity index (χ1v) is 11.1. The Labute approximate surface area is 194 Å². The Morgan fingerprint density at radius 2 is 1.94 bits per heavy atom. The second-order valence-electron chi connectivity index (χ2n) is 8.16. The molecule has 0 atom stereocenters. The first-order chi connectivity index (χ1) is 16.6. The van der Waals surface area contributed by atoms with Crippen LogP contribution >= 0.6 is 0 Å². The maximum absolute atomic E-state index is 13.9. The largest absolute Gasteiger partial charge is 0.381 e. The molecule has 1 amide bonds. The van der Waals surface area contributed by atoms with Crippen molar-refractivity contribution >= 4 is 17.4 Å². The zero-order chi connectivity index (χ0) is 23.5. The Kier molecular flexibility index (Phi) is 6.18. The lowest BCUT2D eigenvalue weighted by molar-refractivity contribution is 0.0696. The summed E-state index contributed by atoms with van der Waals surface area (Å²) in [6, 6.07) is 14.2. The predicted octanol–water partition coefficient (Wildman–Crippen LogP) is 4.20. The molecule has 1 aliphatic heterocycles. The number of halogens is 2. The third kappa shape index (κ3) is 4.74. The van der Waals surface area contributed by atoms with Crippen LogP contribution in [0.25, 0.3) is 16.9 Å². The van der Waals surface area contributed by atoms with Gasteiger partial charge in [-0.2, -0.15) is 0 Å². The van der Waals surface area contributed by atoms with Gasteiger partial charge in [-0.15, -0.1) is 5.10 Å². The van der Waals surface area contributed by atoms with Crippen LogP contribution in [-0.4, -0.2) is 39.8 Å². The second kappa shape index (κ2) is 9.56. The summed E-state index contributed by atoms with van der Waals surface area (Å²) in [7, 11) is 0. The van der Waals surface area contributed by atoms with E-state index in [0.29, 0.717) is 35.9 Å². The Bertz CT molecular complexity index is 1330. The van der Waals surface area contributed by atoms with Gasteiger partial charge in [-0.3, -0.25) is 4.79 Å². The van der Waals surface area contributed by atoms with Crippen molar-refractivity contribution in [3.63, 3.8) is 0 Å². The lowest BCUT2D eigenvalue weighted by Crippen LogP contribution is -2.38. The number of aromatic nitrogens is 3. The summed E-state index contributed by atoms with van der Waals surface area (Å²) in [6.07, 6.45) is 3.30. The number of nitrogens with one attached hydrogen (secondary N) is 2. The molecule has 0 radical (unpaired) electrons. The molecule has 0 unspecified atom stereocenters. The van der Waals surface area contributed by atoms with Gasteiger partial charge >= 0.3 is 0 Å². The molecule has 2 N–H and O–H groups in total. The monoisotopic (exact) mass is 463 g/mol. The van der Waals surface area contributed by atoms with Crippen molar-refractivity contribution in [1.82, 2.24) is 19.9 Å². The Morgan fingerprint density at radius 1 is 1.09 bits per heavy atom. The third-order valence-electron chi connectivity index (χ3n) is 5.81.